The largest absolute Gasteiger partial charge is 0.731 e. The summed E-state index contributed by atoms with van der Waals surface area (Å²) in [6.07, 6.45) is 3.74. The maximum atomic E-state index is 13.2. The molecule has 2 aromatic heterocycles. The highest BCUT2D eigenvalue weighted by Gasteiger charge is 2.52. The molecule has 2 amide bonds. The van der Waals surface area contributed by atoms with Crippen LogP contribution >= 0.6 is 11.3 Å². The predicted octanol–water partition coefficient (Wildman–Crippen LogP) is -1.50. The number of oxime groups is 1. The normalized spacial score (nSPS) is 21.2. The van der Waals surface area contributed by atoms with E-state index < -0.39 is 51.5 Å². The van der Waals surface area contributed by atoms with Gasteiger partial charge in [0.05, 0.1) is 38.9 Å². The standard InChI is InChI=1S/C21H29N9O8S2/c1-21(2,19(33)34)38-27-15(13-11-39-20(22)24-13)17(31)25-16-14(29(18(16)32)40(35,36)37)9-28-23-8-12(26-28)10-30(3)6-4-5-7-30/h8,11,14,16H,4-7,9-10H2,1-3H3,(H4-,22,24,25,31,33,34,35,36,37)/b27-15-/t14?,16-/m0/s1. The Hall–Kier alpha value is -3.68. The zero-order chi connectivity index (χ0) is 29.5. The smallest absolute Gasteiger partial charge is 0.350 e. The molecule has 2 aliphatic heterocycles. The number of likely N-dealkylation sites (tertiary alicyclic amines) is 1. The molecule has 0 saturated carbocycles. The molecule has 17 nitrogen and oxygen atoms in total. The Kier molecular flexibility index (Phi) is 7.85. The second-order valence-electron chi connectivity index (χ2n) is 10.4. The molecular formula is C21H29N9O8S2. The summed E-state index contributed by atoms with van der Waals surface area (Å²) in [5.41, 5.74) is 3.89. The Morgan fingerprint density at radius 2 is 2.05 bits per heavy atom. The predicted molar refractivity (Wildman–Crippen MR) is 137 cm³/mol. The average Bonchev–Trinajstić information content (AvgIpc) is 3.58. The number of carbonyl (C=O) groups is 3. The van der Waals surface area contributed by atoms with Gasteiger partial charge < -0.3 is 30.0 Å². The molecule has 19 heteroatoms. The van der Waals surface area contributed by atoms with Crippen molar-refractivity contribution in [2.24, 2.45) is 5.16 Å². The highest BCUT2D eigenvalue weighted by molar-refractivity contribution is 7.84. The van der Waals surface area contributed by atoms with E-state index in [1.54, 1.807) is 0 Å². The van der Waals surface area contributed by atoms with Gasteiger partial charge in [-0.3, -0.25) is 9.59 Å². The molecule has 2 atom stereocenters. The fourth-order valence-corrected chi connectivity index (χ4v) is 5.85. The van der Waals surface area contributed by atoms with Gasteiger partial charge in [0.2, 0.25) is 5.60 Å². The first-order chi connectivity index (χ1) is 18.6. The molecule has 1 unspecified atom stereocenters. The number of carboxylic acids is 1. The van der Waals surface area contributed by atoms with Crippen molar-refractivity contribution in [2.75, 3.05) is 25.9 Å². The number of nitrogen functional groups attached to an aromatic ring is 1. The van der Waals surface area contributed by atoms with Crippen LogP contribution in [0.25, 0.3) is 0 Å². The van der Waals surface area contributed by atoms with E-state index in [4.69, 9.17) is 10.6 Å². The van der Waals surface area contributed by atoms with E-state index in [2.05, 4.69) is 32.7 Å². The molecule has 2 aromatic rings. The van der Waals surface area contributed by atoms with E-state index in [-0.39, 0.29) is 21.7 Å². The maximum Gasteiger partial charge on any atom is 0.350 e. The molecular weight excluding hydrogens is 570 g/mol. The van der Waals surface area contributed by atoms with Crippen molar-refractivity contribution in [3.63, 3.8) is 0 Å². The quantitative estimate of drug-likeness (QED) is 0.0879. The van der Waals surface area contributed by atoms with Crippen LogP contribution in [0.15, 0.2) is 16.7 Å². The first-order valence-corrected chi connectivity index (χ1v) is 14.4. The summed E-state index contributed by atoms with van der Waals surface area (Å²) in [5.74, 6) is -3.58. The van der Waals surface area contributed by atoms with Gasteiger partial charge in [-0.15, -0.1) is 11.3 Å². The number of quaternary nitrogens is 1. The Morgan fingerprint density at radius 3 is 2.62 bits per heavy atom. The summed E-state index contributed by atoms with van der Waals surface area (Å²) in [4.78, 5) is 47.4. The summed E-state index contributed by atoms with van der Waals surface area (Å²) in [7, 11) is -3.12. The number of nitrogens with two attached hydrogens (primary N) is 1. The molecule has 218 valence electrons. The van der Waals surface area contributed by atoms with Crippen molar-refractivity contribution in [3.05, 3.63) is 23.0 Å². The van der Waals surface area contributed by atoms with Crippen LogP contribution in [0.4, 0.5) is 5.13 Å². The van der Waals surface area contributed by atoms with Crippen LogP contribution in [0, 0.1) is 0 Å². The number of nitrogens with one attached hydrogen (secondary N) is 1. The second kappa shape index (κ2) is 10.7. The molecule has 0 spiro atoms. The Morgan fingerprint density at radius 1 is 1.38 bits per heavy atom. The summed E-state index contributed by atoms with van der Waals surface area (Å²) in [6, 6.07) is -2.81. The Bertz CT molecular complexity index is 1450. The number of aromatic nitrogens is 4. The summed E-state index contributed by atoms with van der Waals surface area (Å²) >= 11 is 0.965. The molecule has 4 heterocycles. The average molecular weight is 600 g/mol. The van der Waals surface area contributed by atoms with Crippen LogP contribution < -0.4 is 11.1 Å². The fraction of sp³-hybridized carbons (Fsp3) is 0.571. The fourth-order valence-electron chi connectivity index (χ4n) is 4.45. The van der Waals surface area contributed by atoms with Gasteiger partial charge in [0.25, 0.3) is 11.8 Å². The van der Waals surface area contributed by atoms with Gasteiger partial charge in [0.15, 0.2) is 21.1 Å². The first-order valence-electron chi connectivity index (χ1n) is 12.1. The number of carboxylic acid groups (broad SMARTS) is 1. The number of nitrogens with zero attached hydrogens (tertiary/aromatic N) is 7. The lowest BCUT2D eigenvalue weighted by atomic mass is 9.98. The summed E-state index contributed by atoms with van der Waals surface area (Å²) in [6.45, 7) is 4.68. The van der Waals surface area contributed by atoms with E-state index in [9.17, 15) is 32.5 Å². The third kappa shape index (κ3) is 6.21. The van der Waals surface area contributed by atoms with Crippen molar-refractivity contribution in [3.8, 4) is 0 Å². The molecule has 2 aliphatic rings. The molecule has 0 aliphatic carbocycles. The van der Waals surface area contributed by atoms with Crippen molar-refractivity contribution >= 4 is 50.3 Å². The molecule has 0 aromatic carbocycles. The van der Waals surface area contributed by atoms with Gasteiger partial charge in [-0.05, 0) is 13.8 Å². The van der Waals surface area contributed by atoms with Crippen LogP contribution in [0.5, 0.6) is 0 Å². The van der Waals surface area contributed by atoms with Gasteiger partial charge >= 0.3 is 5.97 Å². The van der Waals surface area contributed by atoms with E-state index in [1.165, 1.54) is 30.2 Å². The molecule has 2 saturated heterocycles. The lowest BCUT2D eigenvalue weighted by molar-refractivity contribution is -0.911. The number of hydrogen-bond acceptors (Lipinski definition) is 13. The zero-order valence-electron chi connectivity index (χ0n) is 21.9. The third-order valence-corrected chi connectivity index (χ3v) is 8.29. The molecule has 0 bridgehead atoms. The molecule has 2 fully saturated rings. The Balaban J connectivity index is 1.55. The van der Waals surface area contributed by atoms with Crippen molar-refractivity contribution in [1.82, 2.24) is 29.6 Å². The highest BCUT2D eigenvalue weighted by atomic mass is 32.2. The maximum absolute atomic E-state index is 13.2. The van der Waals surface area contributed by atoms with E-state index >= 15 is 0 Å². The SMILES string of the molecule is CC(C)(O/N=C(\C(=O)N[C@@H]1C(=O)N(S(=O)(=O)[O-])C1Cn1ncc(C[N+]2(C)CCCC2)n1)c1csc(N)n1)C(=O)O. The molecule has 40 heavy (non-hydrogen) atoms. The van der Waals surface area contributed by atoms with Crippen molar-refractivity contribution in [2.45, 2.75) is 57.5 Å². The van der Waals surface area contributed by atoms with Gasteiger partial charge in [-0.1, -0.05) is 5.16 Å². The van der Waals surface area contributed by atoms with Crippen LogP contribution in [0.1, 0.15) is 38.1 Å². The number of aliphatic carboxylic acids is 1. The second-order valence-corrected chi connectivity index (χ2v) is 12.5. The van der Waals surface area contributed by atoms with Crippen LogP contribution in [-0.4, -0.2) is 108 Å². The number of amides is 2. The molecule has 4 rings (SSSR count). The van der Waals surface area contributed by atoms with Crippen LogP contribution in [0.3, 0.4) is 0 Å². The molecule has 0 radical (unpaired) electrons. The number of β-lactam (4-membered cyclic amide) rings is 1. The first kappa shape index (κ1) is 29.3. The van der Waals surface area contributed by atoms with Gasteiger partial charge in [0, 0.05) is 18.2 Å². The topological polar surface area (TPSA) is 235 Å². The Labute approximate surface area is 233 Å². The monoisotopic (exact) mass is 599 g/mol. The molecule has 4 N–H and O–H groups in total. The van der Waals surface area contributed by atoms with Crippen LogP contribution in [0.2, 0.25) is 0 Å². The van der Waals surface area contributed by atoms with Crippen LogP contribution in [-0.2, 0) is 42.6 Å². The van der Waals surface area contributed by atoms with E-state index in [0.29, 0.717) is 12.2 Å². The number of rotatable bonds is 11. The van der Waals surface area contributed by atoms with Gasteiger partial charge in [-0.25, -0.2) is 22.5 Å². The van der Waals surface area contributed by atoms with Gasteiger partial charge in [0.1, 0.15) is 24.0 Å². The number of hydrogen-bond donors (Lipinski definition) is 3. The highest BCUT2D eigenvalue weighted by Crippen LogP contribution is 2.26. The lowest BCUT2D eigenvalue weighted by Gasteiger charge is -2.46. The minimum atomic E-state index is -5.22. The summed E-state index contributed by atoms with van der Waals surface area (Å²) < 4.78 is 36.4. The summed E-state index contributed by atoms with van der Waals surface area (Å²) in [5, 5.41) is 25.2. The minimum Gasteiger partial charge on any atom is -0.731 e. The van der Waals surface area contributed by atoms with Crippen molar-refractivity contribution in [1.29, 1.82) is 0 Å². The van der Waals surface area contributed by atoms with Gasteiger partial charge in [-0.2, -0.15) is 15.0 Å². The minimum absolute atomic E-state index is 0.0693. The van der Waals surface area contributed by atoms with E-state index in [0.717, 1.165) is 41.8 Å². The lowest BCUT2D eigenvalue weighted by Crippen LogP contribution is -2.73. The zero-order valence-corrected chi connectivity index (χ0v) is 23.5. The van der Waals surface area contributed by atoms with Crippen molar-refractivity contribution < 1.29 is 41.8 Å². The third-order valence-electron chi connectivity index (χ3n) is 6.68. The number of anilines is 1. The number of thiazole rings is 1. The van der Waals surface area contributed by atoms with E-state index in [1.807, 2.05) is 0 Å². The number of carbonyl (C=O) groups excluding carboxylic acids is 2.